The lowest BCUT2D eigenvalue weighted by molar-refractivity contribution is 0.129. The molecule has 0 atom stereocenters. The van der Waals surface area contributed by atoms with E-state index in [9.17, 15) is 0 Å². The smallest absolute Gasteiger partial charge is 0.218 e. The number of aryl methyl sites for hydroxylation is 1. The van der Waals surface area contributed by atoms with E-state index in [1.807, 2.05) is 13.1 Å². The highest BCUT2D eigenvalue weighted by atomic mass is 16.5. The van der Waals surface area contributed by atoms with Crippen LogP contribution in [-0.2, 0) is 6.42 Å². The summed E-state index contributed by atoms with van der Waals surface area (Å²) in [6.45, 7) is 4.46. The highest BCUT2D eigenvalue weighted by Crippen LogP contribution is 2.27. The Hall–Kier alpha value is -1.32. The zero-order valence-corrected chi connectivity index (χ0v) is 12.3. The fraction of sp³-hybridized carbons (Fsp3) is 0.733. The third kappa shape index (κ3) is 4.08. The summed E-state index contributed by atoms with van der Waals surface area (Å²) in [7, 11) is 1.88. The zero-order chi connectivity index (χ0) is 13.7. The lowest BCUT2D eigenvalue weighted by atomic mass is 9.89. The first-order valence-corrected chi connectivity index (χ1v) is 7.43. The molecule has 106 valence electrons. The molecule has 0 aliphatic heterocycles. The predicted molar refractivity (Wildman–Crippen MR) is 77.6 cm³/mol. The molecule has 0 radical (unpaired) electrons. The average molecular weight is 263 g/mol. The van der Waals surface area contributed by atoms with Gasteiger partial charge in [-0.15, -0.1) is 0 Å². The van der Waals surface area contributed by atoms with Gasteiger partial charge in [0, 0.05) is 19.5 Å². The Morgan fingerprint density at radius 1 is 1.26 bits per heavy atom. The van der Waals surface area contributed by atoms with Gasteiger partial charge in [-0.2, -0.15) is 4.98 Å². The van der Waals surface area contributed by atoms with Crippen molar-refractivity contribution in [3.05, 3.63) is 11.9 Å². The SMILES string of the molecule is CCCc1nc(NC)cc(OC2CCC(C)CC2)n1. The number of rotatable bonds is 5. The maximum absolute atomic E-state index is 6.04. The number of nitrogens with one attached hydrogen (secondary N) is 1. The largest absolute Gasteiger partial charge is 0.474 e. The van der Waals surface area contributed by atoms with Crippen LogP contribution in [0, 0.1) is 5.92 Å². The van der Waals surface area contributed by atoms with E-state index < -0.39 is 0 Å². The van der Waals surface area contributed by atoms with Gasteiger partial charge in [0.2, 0.25) is 5.88 Å². The van der Waals surface area contributed by atoms with E-state index in [1.165, 1.54) is 12.8 Å². The predicted octanol–water partition coefficient (Wildman–Crippen LogP) is 3.43. The summed E-state index contributed by atoms with van der Waals surface area (Å²) in [4.78, 5) is 8.96. The molecule has 1 fully saturated rings. The van der Waals surface area contributed by atoms with Crippen molar-refractivity contribution in [1.29, 1.82) is 0 Å². The Labute approximate surface area is 116 Å². The lowest BCUT2D eigenvalue weighted by Crippen LogP contribution is -2.23. The van der Waals surface area contributed by atoms with Crippen LogP contribution in [0.5, 0.6) is 5.88 Å². The Morgan fingerprint density at radius 2 is 2.00 bits per heavy atom. The number of hydrogen-bond donors (Lipinski definition) is 1. The Bertz CT molecular complexity index is 400. The van der Waals surface area contributed by atoms with Gasteiger partial charge in [0.1, 0.15) is 17.7 Å². The first-order chi connectivity index (χ1) is 9.21. The van der Waals surface area contributed by atoms with Crippen molar-refractivity contribution in [2.45, 2.75) is 58.5 Å². The van der Waals surface area contributed by atoms with Gasteiger partial charge in [-0.25, -0.2) is 4.98 Å². The fourth-order valence-corrected chi connectivity index (χ4v) is 2.51. The molecule has 1 saturated carbocycles. The Balaban J connectivity index is 2.04. The van der Waals surface area contributed by atoms with Crippen molar-refractivity contribution in [3.8, 4) is 5.88 Å². The normalized spacial score (nSPS) is 23.1. The van der Waals surface area contributed by atoms with Crippen LogP contribution in [0.15, 0.2) is 6.07 Å². The van der Waals surface area contributed by atoms with Crippen LogP contribution >= 0.6 is 0 Å². The second-order valence-electron chi connectivity index (χ2n) is 5.51. The van der Waals surface area contributed by atoms with E-state index in [4.69, 9.17) is 4.74 Å². The van der Waals surface area contributed by atoms with Gasteiger partial charge in [-0.3, -0.25) is 0 Å². The molecule has 4 heteroatoms. The van der Waals surface area contributed by atoms with E-state index in [0.717, 1.165) is 49.1 Å². The molecule has 2 rings (SSSR count). The Morgan fingerprint density at radius 3 is 2.63 bits per heavy atom. The Kier molecular flexibility index (Phi) is 5.00. The maximum Gasteiger partial charge on any atom is 0.218 e. The second-order valence-corrected chi connectivity index (χ2v) is 5.51. The van der Waals surface area contributed by atoms with Crippen molar-refractivity contribution in [3.63, 3.8) is 0 Å². The van der Waals surface area contributed by atoms with Gasteiger partial charge >= 0.3 is 0 Å². The third-order valence-electron chi connectivity index (χ3n) is 3.73. The lowest BCUT2D eigenvalue weighted by Gasteiger charge is -2.26. The first kappa shape index (κ1) is 14.1. The number of anilines is 1. The van der Waals surface area contributed by atoms with Gasteiger partial charge in [-0.05, 0) is 38.0 Å². The minimum absolute atomic E-state index is 0.324. The molecule has 19 heavy (non-hydrogen) atoms. The van der Waals surface area contributed by atoms with Crippen LogP contribution in [0.2, 0.25) is 0 Å². The molecule has 1 heterocycles. The molecule has 4 nitrogen and oxygen atoms in total. The molecule has 0 amide bonds. The van der Waals surface area contributed by atoms with Crippen molar-refractivity contribution >= 4 is 5.82 Å². The van der Waals surface area contributed by atoms with E-state index in [-0.39, 0.29) is 0 Å². The van der Waals surface area contributed by atoms with E-state index in [2.05, 4.69) is 29.1 Å². The minimum atomic E-state index is 0.324. The van der Waals surface area contributed by atoms with E-state index >= 15 is 0 Å². The standard InChI is InChI=1S/C15H25N3O/c1-4-5-13-17-14(16-3)10-15(18-13)19-12-8-6-11(2)7-9-12/h10-12H,4-9H2,1-3H3,(H,16,17,18). The highest BCUT2D eigenvalue weighted by Gasteiger charge is 2.20. The van der Waals surface area contributed by atoms with Crippen molar-refractivity contribution in [2.24, 2.45) is 5.92 Å². The molecule has 1 aromatic heterocycles. The number of aromatic nitrogens is 2. The summed E-state index contributed by atoms with van der Waals surface area (Å²) in [5.41, 5.74) is 0. The monoisotopic (exact) mass is 263 g/mol. The molecule has 1 aliphatic carbocycles. The molecular weight excluding hydrogens is 238 g/mol. The van der Waals surface area contributed by atoms with Crippen molar-refractivity contribution in [1.82, 2.24) is 9.97 Å². The highest BCUT2D eigenvalue weighted by molar-refractivity contribution is 5.37. The number of ether oxygens (including phenoxy) is 1. The molecule has 0 aromatic carbocycles. The molecular formula is C15H25N3O. The van der Waals surface area contributed by atoms with Crippen LogP contribution in [0.25, 0.3) is 0 Å². The molecule has 1 N–H and O–H groups in total. The van der Waals surface area contributed by atoms with Crippen LogP contribution < -0.4 is 10.1 Å². The van der Waals surface area contributed by atoms with Gasteiger partial charge in [0.25, 0.3) is 0 Å². The van der Waals surface area contributed by atoms with Crippen molar-refractivity contribution in [2.75, 3.05) is 12.4 Å². The zero-order valence-electron chi connectivity index (χ0n) is 12.3. The molecule has 1 aromatic rings. The molecule has 0 saturated heterocycles. The molecule has 0 unspecified atom stereocenters. The molecule has 0 spiro atoms. The van der Waals surface area contributed by atoms with Crippen LogP contribution in [0.3, 0.4) is 0 Å². The topological polar surface area (TPSA) is 47.0 Å². The molecule has 1 aliphatic rings. The van der Waals surface area contributed by atoms with Gasteiger partial charge in [0.05, 0.1) is 0 Å². The number of nitrogens with zero attached hydrogens (tertiary/aromatic N) is 2. The van der Waals surface area contributed by atoms with Crippen LogP contribution in [-0.4, -0.2) is 23.1 Å². The van der Waals surface area contributed by atoms with E-state index in [1.54, 1.807) is 0 Å². The first-order valence-electron chi connectivity index (χ1n) is 7.43. The van der Waals surface area contributed by atoms with Crippen molar-refractivity contribution < 1.29 is 4.74 Å². The average Bonchev–Trinajstić information content (AvgIpc) is 2.41. The van der Waals surface area contributed by atoms with Gasteiger partial charge in [-0.1, -0.05) is 13.8 Å². The fourth-order valence-electron chi connectivity index (χ4n) is 2.51. The quantitative estimate of drug-likeness (QED) is 0.884. The van der Waals surface area contributed by atoms with Crippen LogP contribution in [0.4, 0.5) is 5.82 Å². The summed E-state index contributed by atoms with van der Waals surface area (Å²) in [6.07, 6.45) is 7.07. The third-order valence-corrected chi connectivity index (χ3v) is 3.73. The van der Waals surface area contributed by atoms with E-state index in [0.29, 0.717) is 6.10 Å². The number of hydrogen-bond acceptors (Lipinski definition) is 4. The second kappa shape index (κ2) is 6.73. The summed E-state index contributed by atoms with van der Waals surface area (Å²) < 4.78 is 6.04. The maximum atomic E-state index is 6.04. The summed E-state index contributed by atoms with van der Waals surface area (Å²) in [5, 5.41) is 3.08. The van der Waals surface area contributed by atoms with Gasteiger partial charge in [0.15, 0.2) is 0 Å². The molecule has 0 bridgehead atoms. The summed E-state index contributed by atoms with van der Waals surface area (Å²) in [6, 6.07) is 1.90. The summed E-state index contributed by atoms with van der Waals surface area (Å²) >= 11 is 0. The minimum Gasteiger partial charge on any atom is -0.474 e. The summed E-state index contributed by atoms with van der Waals surface area (Å²) in [5.74, 6) is 3.28. The van der Waals surface area contributed by atoms with Crippen LogP contribution in [0.1, 0.15) is 51.8 Å². The van der Waals surface area contributed by atoms with Gasteiger partial charge < -0.3 is 10.1 Å².